The molecule has 2 rings (SSSR count). The molecule has 0 aromatic heterocycles. The molecule has 2 aromatic carbocycles. The second kappa shape index (κ2) is 6.21. The molecule has 1 heteroatoms. The number of benzene rings is 2. The van der Waals surface area contributed by atoms with Crippen LogP contribution in [0.5, 0.6) is 0 Å². The van der Waals surface area contributed by atoms with E-state index in [-0.39, 0.29) is 9.52 Å². The first kappa shape index (κ1) is 11.9. The average molecular weight is 238 g/mol. The van der Waals surface area contributed by atoms with Gasteiger partial charge in [-0.15, -0.1) is 0 Å². The molecule has 0 fully saturated rings. The molecule has 0 atom stereocenters. The maximum atomic E-state index is 2.35. The highest BCUT2D eigenvalue weighted by Gasteiger charge is 2.00. The maximum absolute atomic E-state index is 2.35. The van der Waals surface area contributed by atoms with Crippen molar-refractivity contribution in [2.24, 2.45) is 0 Å². The standard InChI is InChI=1S/C16H18Si/c1-2-17-16(15-11-7-4-8-12-15)13-14-9-5-3-6-10-14/h3-13H,2,17H2,1H3. The second-order valence-electron chi connectivity index (χ2n) is 4.20. The second-order valence-corrected chi connectivity index (χ2v) is 6.46. The summed E-state index contributed by atoms with van der Waals surface area (Å²) in [6, 6.07) is 22.7. The Labute approximate surface area is 106 Å². The van der Waals surface area contributed by atoms with Gasteiger partial charge in [-0.25, -0.2) is 0 Å². The number of hydrogen-bond acceptors (Lipinski definition) is 0. The Bertz CT molecular complexity index is 471. The van der Waals surface area contributed by atoms with Crippen LogP contribution >= 0.6 is 0 Å². The predicted molar refractivity (Wildman–Crippen MR) is 79.8 cm³/mol. The van der Waals surface area contributed by atoms with Gasteiger partial charge in [-0.3, -0.25) is 0 Å². The van der Waals surface area contributed by atoms with Gasteiger partial charge in [0, 0.05) is 0 Å². The first-order valence-electron chi connectivity index (χ1n) is 6.21. The van der Waals surface area contributed by atoms with E-state index < -0.39 is 0 Å². The van der Waals surface area contributed by atoms with Crippen LogP contribution in [0.15, 0.2) is 60.7 Å². The normalized spacial score (nSPS) is 12.2. The van der Waals surface area contributed by atoms with Crippen molar-refractivity contribution in [2.75, 3.05) is 0 Å². The Morgan fingerprint density at radius 2 is 1.53 bits per heavy atom. The highest BCUT2D eigenvalue weighted by Crippen LogP contribution is 2.17. The van der Waals surface area contributed by atoms with Gasteiger partial charge in [-0.05, 0) is 11.1 Å². The smallest absolute Gasteiger partial charge is 0.0553 e. The van der Waals surface area contributed by atoms with E-state index in [0.717, 1.165) is 0 Å². The zero-order valence-electron chi connectivity index (χ0n) is 10.3. The Morgan fingerprint density at radius 3 is 2.12 bits per heavy atom. The van der Waals surface area contributed by atoms with Crippen LogP contribution in [0.2, 0.25) is 6.04 Å². The van der Waals surface area contributed by atoms with Crippen LogP contribution < -0.4 is 0 Å². The van der Waals surface area contributed by atoms with Crippen molar-refractivity contribution in [3.8, 4) is 0 Å². The Morgan fingerprint density at radius 1 is 0.941 bits per heavy atom. The van der Waals surface area contributed by atoms with E-state index in [1.165, 1.54) is 17.2 Å². The molecule has 0 nitrogen and oxygen atoms in total. The summed E-state index contributed by atoms with van der Waals surface area (Å²) < 4.78 is 0. The molecule has 0 bridgehead atoms. The van der Waals surface area contributed by atoms with E-state index in [9.17, 15) is 0 Å². The monoisotopic (exact) mass is 238 g/mol. The van der Waals surface area contributed by atoms with Gasteiger partial charge in [0.05, 0.1) is 9.52 Å². The number of rotatable bonds is 4. The fraction of sp³-hybridized carbons (Fsp3) is 0.125. The number of hydrogen-bond donors (Lipinski definition) is 0. The van der Waals surface area contributed by atoms with Crippen LogP contribution in [0.3, 0.4) is 0 Å². The van der Waals surface area contributed by atoms with Gasteiger partial charge in [-0.2, -0.15) is 0 Å². The lowest BCUT2D eigenvalue weighted by atomic mass is 10.1. The molecule has 0 heterocycles. The van der Waals surface area contributed by atoms with Crippen LogP contribution in [-0.2, 0) is 0 Å². The quantitative estimate of drug-likeness (QED) is 0.561. The fourth-order valence-electron chi connectivity index (χ4n) is 1.97. The zero-order valence-corrected chi connectivity index (χ0v) is 11.7. The van der Waals surface area contributed by atoms with Gasteiger partial charge in [0.1, 0.15) is 0 Å². The largest absolute Gasteiger partial charge is 0.0680 e. The van der Waals surface area contributed by atoms with Crippen molar-refractivity contribution in [3.05, 3.63) is 71.8 Å². The van der Waals surface area contributed by atoms with Crippen molar-refractivity contribution in [2.45, 2.75) is 13.0 Å². The zero-order chi connectivity index (χ0) is 11.9. The minimum atomic E-state index is -0.145. The van der Waals surface area contributed by atoms with Crippen LogP contribution in [0.1, 0.15) is 18.1 Å². The van der Waals surface area contributed by atoms with E-state index >= 15 is 0 Å². The fourth-order valence-corrected chi connectivity index (χ4v) is 3.41. The molecular weight excluding hydrogens is 220 g/mol. The van der Waals surface area contributed by atoms with Gasteiger partial charge >= 0.3 is 0 Å². The van der Waals surface area contributed by atoms with Crippen LogP contribution in [0.4, 0.5) is 0 Å². The molecular formula is C16H18Si. The van der Waals surface area contributed by atoms with Crippen molar-refractivity contribution in [3.63, 3.8) is 0 Å². The van der Waals surface area contributed by atoms with Gasteiger partial charge in [0.2, 0.25) is 0 Å². The molecule has 17 heavy (non-hydrogen) atoms. The Kier molecular flexibility index (Phi) is 4.34. The Hall–Kier alpha value is -1.60. The molecule has 0 saturated carbocycles. The summed E-state index contributed by atoms with van der Waals surface area (Å²) in [5.41, 5.74) is 2.71. The molecule has 0 aliphatic carbocycles. The summed E-state index contributed by atoms with van der Waals surface area (Å²) in [5, 5.41) is 1.55. The molecule has 0 aliphatic heterocycles. The molecule has 86 valence electrons. The highest BCUT2D eigenvalue weighted by molar-refractivity contribution is 6.62. The minimum Gasteiger partial charge on any atom is -0.0680 e. The van der Waals surface area contributed by atoms with Crippen molar-refractivity contribution < 1.29 is 0 Å². The van der Waals surface area contributed by atoms with Crippen molar-refractivity contribution in [1.29, 1.82) is 0 Å². The summed E-state index contributed by atoms with van der Waals surface area (Å²) in [4.78, 5) is 0. The van der Waals surface area contributed by atoms with E-state index in [0.29, 0.717) is 0 Å². The maximum Gasteiger partial charge on any atom is 0.0553 e. The summed E-state index contributed by atoms with van der Waals surface area (Å²) >= 11 is 0. The molecule has 0 radical (unpaired) electrons. The van der Waals surface area contributed by atoms with Gasteiger partial charge in [-0.1, -0.05) is 84.9 Å². The summed E-state index contributed by atoms with van der Waals surface area (Å²) in [6.45, 7) is 2.29. The van der Waals surface area contributed by atoms with Gasteiger partial charge < -0.3 is 0 Å². The molecule has 0 aliphatic rings. The summed E-state index contributed by atoms with van der Waals surface area (Å²) in [7, 11) is -0.145. The molecule has 0 N–H and O–H groups in total. The molecule has 2 aromatic rings. The summed E-state index contributed by atoms with van der Waals surface area (Å²) in [5.74, 6) is 0. The highest BCUT2D eigenvalue weighted by atomic mass is 28.2. The third-order valence-electron chi connectivity index (χ3n) is 2.80. The first-order valence-corrected chi connectivity index (χ1v) is 7.92. The first-order chi connectivity index (χ1) is 8.40. The molecule has 0 saturated heterocycles. The van der Waals surface area contributed by atoms with Crippen LogP contribution in [0.25, 0.3) is 11.3 Å². The average Bonchev–Trinajstić information content (AvgIpc) is 2.40. The van der Waals surface area contributed by atoms with Crippen molar-refractivity contribution in [1.82, 2.24) is 0 Å². The summed E-state index contributed by atoms with van der Waals surface area (Å²) in [6.07, 6.45) is 2.35. The van der Waals surface area contributed by atoms with E-state index in [1.807, 2.05) is 0 Å². The van der Waals surface area contributed by atoms with Gasteiger partial charge in [0.15, 0.2) is 0 Å². The van der Waals surface area contributed by atoms with Gasteiger partial charge in [0.25, 0.3) is 0 Å². The van der Waals surface area contributed by atoms with E-state index in [1.54, 1.807) is 5.20 Å². The third kappa shape index (κ3) is 3.43. The minimum absolute atomic E-state index is 0.145. The SMILES string of the molecule is CC[SiH2]C(=Cc1ccccc1)c1ccccc1. The third-order valence-corrected chi connectivity index (χ3v) is 4.46. The molecule has 0 spiro atoms. The lowest BCUT2D eigenvalue weighted by molar-refractivity contribution is 1.46. The molecule has 0 amide bonds. The lowest BCUT2D eigenvalue weighted by Crippen LogP contribution is -1.93. The predicted octanol–water partition coefficient (Wildman–Crippen LogP) is 3.79. The molecule has 0 unspecified atom stereocenters. The lowest BCUT2D eigenvalue weighted by Gasteiger charge is -2.06. The van der Waals surface area contributed by atoms with E-state index in [4.69, 9.17) is 0 Å². The Balaban J connectivity index is 2.33. The van der Waals surface area contributed by atoms with E-state index in [2.05, 4.69) is 73.7 Å². The topological polar surface area (TPSA) is 0 Å². The van der Waals surface area contributed by atoms with Crippen LogP contribution in [-0.4, -0.2) is 9.52 Å². The van der Waals surface area contributed by atoms with Crippen molar-refractivity contribution >= 4 is 20.8 Å². The van der Waals surface area contributed by atoms with Crippen LogP contribution in [0, 0.1) is 0 Å².